The van der Waals surface area contributed by atoms with E-state index in [1.165, 1.54) is 0 Å². The largest absolute Gasteiger partial charge is 0.381 e. The second-order valence-corrected chi connectivity index (χ2v) is 7.12. The van der Waals surface area contributed by atoms with Crippen LogP contribution in [0.3, 0.4) is 0 Å². The third-order valence-electron chi connectivity index (χ3n) is 5.39. The van der Waals surface area contributed by atoms with Crippen LogP contribution < -0.4 is 5.32 Å². The number of methoxy groups -OCH3 is 1. The van der Waals surface area contributed by atoms with E-state index in [0.29, 0.717) is 23.7 Å². The lowest BCUT2D eigenvalue weighted by atomic mass is 9.93. The van der Waals surface area contributed by atoms with Crippen molar-refractivity contribution in [3.8, 4) is 11.1 Å². The highest BCUT2D eigenvalue weighted by Gasteiger charge is 2.21. The number of hydrogen-bond donors (Lipinski definition) is 1. The van der Waals surface area contributed by atoms with Crippen LogP contribution in [0.1, 0.15) is 25.7 Å². The molecule has 8 nitrogen and oxygen atoms in total. The molecule has 1 aliphatic carbocycles. The van der Waals surface area contributed by atoms with Gasteiger partial charge in [-0.05, 0) is 37.8 Å². The Morgan fingerprint density at radius 3 is 2.75 bits per heavy atom. The molecule has 8 heteroatoms. The van der Waals surface area contributed by atoms with Crippen LogP contribution in [0.5, 0.6) is 0 Å². The Balaban J connectivity index is 1.40. The van der Waals surface area contributed by atoms with E-state index in [-0.39, 0.29) is 0 Å². The monoisotopic (exact) mass is 375 g/mol. The fourth-order valence-corrected chi connectivity index (χ4v) is 3.84. The first kappa shape index (κ1) is 17.0. The van der Waals surface area contributed by atoms with Gasteiger partial charge in [0.1, 0.15) is 5.52 Å². The molecule has 1 fully saturated rings. The van der Waals surface area contributed by atoms with E-state index >= 15 is 0 Å². The van der Waals surface area contributed by atoms with Crippen LogP contribution in [-0.2, 0) is 4.74 Å². The van der Waals surface area contributed by atoms with Gasteiger partial charge < -0.3 is 10.1 Å². The SMILES string of the molecule is CO[C@H]1CC[C@@H](Nc2ncc3c(-c4cnc5nccnc5c4)ccn3n2)CC1. The number of pyridine rings is 1. The zero-order valence-electron chi connectivity index (χ0n) is 15.6. The number of anilines is 1. The third kappa shape index (κ3) is 3.16. The van der Waals surface area contributed by atoms with E-state index in [1.807, 2.05) is 35.2 Å². The van der Waals surface area contributed by atoms with Gasteiger partial charge in [0.2, 0.25) is 5.95 Å². The average Bonchev–Trinajstić information content (AvgIpc) is 3.17. The molecule has 4 aromatic rings. The molecule has 5 rings (SSSR count). The first-order valence-electron chi connectivity index (χ1n) is 9.51. The minimum atomic E-state index is 0.383. The van der Waals surface area contributed by atoms with Crippen molar-refractivity contribution in [1.29, 1.82) is 0 Å². The highest BCUT2D eigenvalue weighted by molar-refractivity contribution is 5.84. The van der Waals surface area contributed by atoms with Gasteiger partial charge >= 0.3 is 0 Å². The van der Waals surface area contributed by atoms with Gasteiger partial charge in [0.05, 0.1) is 17.8 Å². The van der Waals surface area contributed by atoms with Gasteiger partial charge in [-0.1, -0.05) is 0 Å². The summed E-state index contributed by atoms with van der Waals surface area (Å²) in [6.07, 6.45) is 13.6. The lowest BCUT2D eigenvalue weighted by Crippen LogP contribution is -2.30. The van der Waals surface area contributed by atoms with Crippen molar-refractivity contribution < 1.29 is 4.74 Å². The molecular weight excluding hydrogens is 354 g/mol. The van der Waals surface area contributed by atoms with Crippen molar-refractivity contribution in [2.24, 2.45) is 0 Å². The molecule has 0 bridgehead atoms. The molecule has 0 aliphatic heterocycles. The van der Waals surface area contributed by atoms with Crippen molar-refractivity contribution in [1.82, 2.24) is 29.5 Å². The molecule has 4 aromatic heterocycles. The summed E-state index contributed by atoms with van der Waals surface area (Å²) in [5, 5.41) is 8.09. The summed E-state index contributed by atoms with van der Waals surface area (Å²) < 4.78 is 7.30. The summed E-state index contributed by atoms with van der Waals surface area (Å²) in [6, 6.07) is 4.41. The van der Waals surface area contributed by atoms with Crippen molar-refractivity contribution in [2.45, 2.75) is 37.8 Å². The minimum absolute atomic E-state index is 0.383. The van der Waals surface area contributed by atoms with E-state index in [1.54, 1.807) is 19.5 Å². The maximum Gasteiger partial charge on any atom is 0.241 e. The fourth-order valence-electron chi connectivity index (χ4n) is 3.84. The number of fused-ring (bicyclic) bond motifs is 2. The molecule has 0 radical (unpaired) electrons. The van der Waals surface area contributed by atoms with Crippen LogP contribution in [0.4, 0.5) is 5.95 Å². The minimum Gasteiger partial charge on any atom is -0.381 e. The van der Waals surface area contributed by atoms with Crippen molar-refractivity contribution in [3.05, 3.63) is 43.1 Å². The Kier molecular flexibility index (Phi) is 4.32. The fraction of sp³-hybridized carbons (Fsp3) is 0.350. The average molecular weight is 375 g/mol. The predicted octanol–water partition coefficient (Wildman–Crippen LogP) is 3.10. The summed E-state index contributed by atoms with van der Waals surface area (Å²) >= 11 is 0. The smallest absolute Gasteiger partial charge is 0.241 e. The lowest BCUT2D eigenvalue weighted by molar-refractivity contribution is 0.0681. The Bertz CT molecular complexity index is 1120. The zero-order valence-corrected chi connectivity index (χ0v) is 15.6. The topological polar surface area (TPSA) is 90.1 Å². The van der Waals surface area contributed by atoms with Gasteiger partial charge in [-0.25, -0.2) is 19.5 Å². The molecule has 142 valence electrons. The Morgan fingerprint density at radius 1 is 1.04 bits per heavy atom. The second kappa shape index (κ2) is 7.12. The highest BCUT2D eigenvalue weighted by Crippen LogP contribution is 2.27. The normalized spacial score (nSPS) is 19.9. The van der Waals surface area contributed by atoms with Crippen LogP contribution in [-0.4, -0.2) is 48.8 Å². The summed E-state index contributed by atoms with van der Waals surface area (Å²) in [4.78, 5) is 17.5. The first-order valence-corrected chi connectivity index (χ1v) is 9.51. The molecule has 1 N–H and O–H groups in total. The third-order valence-corrected chi connectivity index (χ3v) is 5.39. The molecule has 1 aliphatic rings. The molecular formula is C20H21N7O. The van der Waals surface area contributed by atoms with Gasteiger partial charge in [-0.15, -0.1) is 5.10 Å². The molecule has 28 heavy (non-hydrogen) atoms. The van der Waals surface area contributed by atoms with Gasteiger partial charge in [-0.3, -0.25) is 4.98 Å². The first-order chi connectivity index (χ1) is 13.8. The van der Waals surface area contributed by atoms with Crippen LogP contribution in [0.25, 0.3) is 27.8 Å². The quantitative estimate of drug-likeness (QED) is 0.586. The molecule has 4 heterocycles. The molecule has 0 spiro atoms. The maximum absolute atomic E-state index is 5.44. The van der Waals surface area contributed by atoms with Gasteiger partial charge in [0.15, 0.2) is 5.65 Å². The molecule has 0 amide bonds. The predicted molar refractivity (Wildman–Crippen MR) is 106 cm³/mol. The Hall–Kier alpha value is -3.13. The summed E-state index contributed by atoms with van der Waals surface area (Å²) in [5.74, 6) is 0.651. The number of aromatic nitrogens is 6. The number of hydrogen-bond acceptors (Lipinski definition) is 7. The zero-order chi connectivity index (χ0) is 18.9. The van der Waals surface area contributed by atoms with Crippen molar-refractivity contribution in [2.75, 3.05) is 12.4 Å². The van der Waals surface area contributed by atoms with E-state index < -0.39 is 0 Å². The van der Waals surface area contributed by atoms with E-state index in [4.69, 9.17) is 4.74 Å². The van der Waals surface area contributed by atoms with E-state index in [2.05, 4.69) is 30.4 Å². The molecule has 0 saturated heterocycles. The van der Waals surface area contributed by atoms with E-state index in [9.17, 15) is 0 Å². The molecule has 1 saturated carbocycles. The standard InChI is InChI=1S/C20H21N7O/c1-28-15-4-2-14(3-5-15)25-20-24-12-18-16(6-9-27(18)26-20)13-10-17-19(23-11-13)22-8-7-21-17/h6-12,14-15H,2-5H2,1H3,(H,25,26)/t14-,15+. The number of ether oxygens (including phenoxy) is 1. The summed E-state index contributed by atoms with van der Waals surface area (Å²) in [6.45, 7) is 0. The summed E-state index contributed by atoms with van der Waals surface area (Å²) in [7, 11) is 1.79. The lowest BCUT2D eigenvalue weighted by Gasteiger charge is -2.28. The maximum atomic E-state index is 5.44. The van der Waals surface area contributed by atoms with Crippen molar-refractivity contribution >= 4 is 22.6 Å². The summed E-state index contributed by atoms with van der Waals surface area (Å²) in [5.41, 5.74) is 4.33. The Morgan fingerprint density at radius 2 is 1.89 bits per heavy atom. The van der Waals surface area contributed by atoms with E-state index in [0.717, 1.165) is 47.8 Å². The molecule has 0 aromatic carbocycles. The van der Waals surface area contributed by atoms with Crippen LogP contribution >= 0.6 is 0 Å². The molecule has 0 unspecified atom stereocenters. The van der Waals surface area contributed by atoms with Gasteiger partial charge in [0.25, 0.3) is 0 Å². The molecule has 0 atom stereocenters. The van der Waals surface area contributed by atoms with Crippen LogP contribution in [0.15, 0.2) is 43.1 Å². The highest BCUT2D eigenvalue weighted by atomic mass is 16.5. The Labute approximate surface area is 162 Å². The number of rotatable bonds is 4. The van der Waals surface area contributed by atoms with Crippen LogP contribution in [0, 0.1) is 0 Å². The van der Waals surface area contributed by atoms with Crippen LogP contribution in [0.2, 0.25) is 0 Å². The van der Waals surface area contributed by atoms with Crippen molar-refractivity contribution in [3.63, 3.8) is 0 Å². The number of nitrogens with zero attached hydrogens (tertiary/aromatic N) is 6. The second-order valence-electron chi connectivity index (χ2n) is 7.12. The number of nitrogens with one attached hydrogen (secondary N) is 1. The van der Waals surface area contributed by atoms with Gasteiger partial charge in [-0.2, -0.15) is 0 Å². The van der Waals surface area contributed by atoms with Gasteiger partial charge in [0, 0.05) is 49.1 Å².